The summed E-state index contributed by atoms with van der Waals surface area (Å²) in [6.45, 7) is 4.17. The van der Waals surface area contributed by atoms with Crippen LogP contribution < -0.4 is 4.72 Å². The summed E-state index contributed by atoms with van der Waals surface area (Å²) in [5.74, 6) is 0.577. The maximum absolute atomic E-state index is 13.0. The molecule has 2 heterocycles. The Labute approximate surface area is 168 Å². The molecule has 2 saturated heterocycles. The Kier molecular flexibility index (Phi) is 7.12. The quantitative estimate of drug-likeness (QED) is 0.812. The van der Waals surface area contributed by atoms with Gasteiger partial charge < -0.3 is 9.64 Å². The van der Waals surface area contributed by atoms with Crippen molar-refractivity contribution in [2.24, 2.45) is 0 Å². The number of hydrogen-bond acceptors (Lipinski definition) is 4. The highest BCUT2D eigenvalue weighted by Crippen LogP contribution is 2.32. The molecule has 156 valence electrons. The Bertz CT molecular complexity index is 780. The van der Waals surface area contributed by atoms with E-state index in [4.69, 9.17) is 4.74 Å². The lowest BCUT2D eigenvalue weighted by atomic mass is 9.85. The van der Waals surface area contributed by atoms with Crippen molar-refractivity contribution in [3.05, 3.63) is 35.4 Å². The maximum atomic E-state index is 13.0. The maximum Gasteiger partial charge on any atom is 0.227 e. The van der Waals surface area contributed by atoms with Gasteiger partial charge in [0.1, 0.15) is 0 Å². The zero-order valence-electron chi connectivity index (χ0n) is 16.9. The highest BCUT2D eigenvalue weighted by Gasteiger charge is 2.26. The first kappa shape index (κ1) is 21.3. The van der Waals surface area contributed by atoms with E-state index in [0.29, 0.717) is 31.8 Å². The fourth-order valence-corrected chi connectivity index (χ4v) is 5.26. The number of likely N-dealkylation sites (tertiary alicyclic amines) is 1. The van der Waals surface area contributed by atoms with E-state index in [0.717, 1.165) is 37.9 Å². The molecule has 0 radical (unpaired) electrons. The van der Waals surface area contributed by atoms with Crippen molar-refractivity contribution in [1.29, 1.82) is 0 Å². The molecule has 2 fully saturated rings. The summed E-state index contributed by atoms with van der Waals surface area (Å²) in [5, 5.41) is 0. The van der Waals surface area contributed by atoms with Gasteiger partial charge in [-0.25, -0.2) is 13.1 Å². The fraction of sp³-hybridized carbons (Fsp3) is 0.667. The molecule has 2 aliphatic rings. The Hall–Kier alpha value is -1.44. The summed E-state index contributed by atoms with van der Waals surface area (Å²) in [7, 11) is -3.21. The molecule has 3 atom stereocenters. The summed E-state index contributed by atoms with van der Waals surface area (Å²) in [4.78, 5) is 14.9. The van der Waals surface area contributed by atoms with Gasteiger partial charge in [0.25, 0.3) is 0 Å². The van der Waals surface area contributed by atoms with Gasteiger partial charge in [0, 0.05) is 25.7 Å². The Morgan fingerprint density at radius 2 is 2.00 bits per heavy atom. The molecule has 7 heteroatoms. The average molecular weight is 409 g/mol. The van der Waals surface area contributed by atoms with Crippen LogP contribution >= 0.6 is 0 Å². The lowest BCUT2D eigenvalue weighted by Crippen LogP contribution is -2.36. The summed E-state index contributed by atoms with van der Waals surface area (Å²) < 4.78 is 31.3. The minimum atomic E-state index is -3.21. The van der Waals surface area contributed by atoms with Gasteiger partial charge in [-0.3, -0.25) is 4.79 Å². The van der Waals surface area contributed by atoms with Crippen LogP contribution in [0.3, 0.4) is 0 Å². The van der Waals surface area contributed by atoms with Gasteiger partial charge in [-0.2, -0.15) is 0 Å². The topological polar surface area (TPSA) is 75.7 Å². The molecule has 0 aliphatic carbocycles. The van der Waals surface area contributed by atoms with Gasteiger partial charge in [0.05, 0.1) is 18.8 Å². The van der Waals surface area contributed by atoms with Crippen molar-refractivity contribution >= 4 is 15.9 Å². The van der Waals surface area contributed by atoms with Crippen LogP contribution in [0.25, 0.3) is 0 Å². The Balaban J connectivity index is 1.63. The standard InChI is InChI=1S/C21H32N2O4S/c1-16-14-18(10-13-27-16)20-8-4-3-6-17(20)15-21(24)23-11-5-7-19(9-12-23)22-28(2,25)26/h3-4,6,8,16,18-19,22H,5,7,9-15H2,1-2H3. The summed E-state index contributed by atoms with van der Waals surface area (Å²) >= 11 is 0. The number of ether oxygens (including phenoxy) is 1. The molecular formula is C21H32N2O4S. The minimum Gasteiger partial charge on any atom is -0.378 e. The third-order valence-corrected chi connectivity index (χ3v) is 6.54. The van der Waals surface area contributed by atoms with Crippen LogP contribution in [0.15, 0.2) is 24.3 Å². The molecule has 0 bridgehead atoms. The Morgan fingerprint density at radius 1 is 1.21 bits per heavy atom. The van der Waals surface area contributed by atoms with Gasteiger partial charge in [0.2, 0.25) is 15.9 Å². The van der Waals surface area contributed by atoms with E-state index in [1.54, 1.807) is 0 Å². The van der Waals surface area contributed by atoms with E-state index in [2.05, 4.69) is 29.8 Å². The van der Waals surface area contributed by atoms with Gasteiger partial charge in [-0.05, 0) is 56.1 Å². The van der Waals surface area contributed by atoms with Crippen molar-refractivity contribution in [2.75, 3.05) is 26.0 Å². The lowest BCUT2D eigenvalue weighted by molar-refractivity contribution is -0.130. The second kappa shape index (κ2) is 9.37. The van der Waals surface area contributed by atoms with Crippen LogP contribution in [0.1, 0.15) is 56.1 Å². The number of nitrogens with zero attached hydrogens (tertiary/aromatic N) is 1. The minimum absolute atomic E-state index is 0.0798. The second-order valence-electron chi connectivity index (χ2n) is 8.18. The molecular weight excluding hydrogens is 376 g/mol. The SMILES string of the molecule is CC1CC(c2ccccc2CC(=O)N2CCCC(NS(C)(=O)=O)CC2)CCO1. The first-order valence-electron chi connectivity index (χ1n) is 10.3. The van der Waals surface area contributed by atoms with E-state index in [1.807, 2.05) is 11.0 Å². The molecule has 0 spiro atoms. The van der Waals surface area contributed by atoms with E-state index in [9.17, 15) is 13.2 Å². The number of carbonyl (C=O) groups is 1. The van der Waals surface area contributed by atoms with Crippen molar-refractivity contribution < 1.29 is 17.9 Å². The first-order chi connectivity index (χ1) is 13.3. The van der Waals surface area contributed by atoms with Crippen LogP contribution in [0, 0.1) is 0 Å². The largest absolute Gasteiger partial charge is 0.378 e. The van der Waals surface area contributed by atoms with Gasteiger partial charge >= 0.3 is 0 Å². The average Bonchev–Trinajstić information content (AvgIpc) is 2.86. The lowest BCUT2D eigenvalue weighted by Gasteiger charge is -2.29. The molecule has 6 nitrogen and oxygen atoms in total. The van der Waals surface area contributed by atoms with Crippen LogP contribution in [-0.4, -0.2) is 57.3 Å². The van der Waals surface area contributed by atoms with Gasteiger partial charge in [-0.15, -0.1) is 0 Å². The molecule has 0 aromatic heterocycles. The first-order valence-corrected chi connectivity index (χ1v) is 12.2. The molecule has 1 amide bonds. The molecule has 1 N–H and O–H groups in total. The van der Waals surface area contributed by atoms with Gasteiger partial charge in [-0.1, -0.05) is 24.3 Å². The third kappa shape index (κ3) is 6.03. The molecule has 1 aromatic carbocycles. The molecule has 1 aromatic rings. The van der Waals surface area contributed by atoms with Crippen molar-refractivity contribution in [3.8, 4) is 0 Å². The molecule has 0 saturated carbocycles. The fourth-order valence-electron chi connectivity index (χ4n) is 4.42. The van der Waals surface area contributed by atoms with E-state index < -0.39 is 10.0 Å². The number of nitrogens with one attached hydrogen (secondary N) is 1. The van der Waals surface area contributed by atoms with E-state index >= 15 is 0 Å². The monoisotopic (exact) mass is 408 g/mol. The molecule has 2 aliphatic heterocycles. The van der Waals surface area contributed by atoms with Crippen LogP contribution in [0.4, 0.5) is 0 Å². The number of hydrogen-bond donors (Lipinski definition) is 1. The molecule has 3 unspecified atom stereocenters. The van der Waals surface area contributed by atoms with Crippen LogP contribution in [-0.2, 0) is 26.0 Å². The summed E-state index contributed by atoms with van der Waals surface area (Å²) in [5.41, 5.74) is 2.39. The normalized spacial score (nSPS) is 26.6. The number of benzene rings is 1. The van der Waals surface area contributed by atoms with Crippen molar-refractivity contribution in [3.63, 3.8) is 0 Å². The number of carbonyl (C=O) groups excluding carboxylic acids is 1. The van der Waals surface area contributed by atoms with Gasteiger partial charge in [0.15, 0.2) is 0 Å². The number of sulfonamides is 1. The zero-order chi connectivity index (χ0) is 20.1. The zero-order valence-corrected chi connectivity index (χ0v) is 17.7. The smallest absolute Gasteiger partial charge is 0.227 e. The van der Waals surface area contributed by atoms with E-state index in [1.165, 1.54) is 11.8 Å². The molecule has 3 rings (SSSR count). The van der Waals surface area contributed by atoms with Crippen LogP contribution in [0.2, 0.25) is 0 Å². The van der Waals surface area contributed by atoms with E-state index in [-0.39, 0.29) is 18.1 Å². The number of rotatable bonds is 5. The second-order valence-corrected chi connectivity index (χ2v) is 9.96. The van der Waals surface area contributed by atoms with Crippen molar-refractivity contribution in [1.82, 2.24) is 9.62 Å². The van der Waals surface area contributed by atoms with Crippen LogP contribution in [0.5, 0.6) is 0 Å². The summed E-state index contributed by atoms with van der Waals surface area (Å²) in [6, 6.07) is 8.20. The summed E-state index contributed by atoms with van der Waals surface area (Å²) in [6.07, 6.45) is 6.10. The molecule has 28 heavy (non-hydrogen) atoms. The van der Waals surface area contributed by atoms with Crippen molar-refractivity contribution in [2.45, 2.75) is 63.5 Å². The highest BCUT2D eigenvalue weighted by atomic mass is 32.2. The Morgan fingerprint density at radius 3 is 2.75 bits per heavy atom. The predicted molar refractivity (Wildman–Crippen MR) is 110 cm³/mol. The highest BCUT2D eigenvalue weighted by molar-refractivity contribution is 7.88. The third-order valence-electron chi connectivity index (χ3n) is 5.78. The number of amides is 1. The predicted octanol–water partition coefficient (Wildman–Crippen LogP) is 2.44.